The molecule has 0 aliphatic heterocycles. The number of nitro groups is 1. The molecule has 0 bridgehead atoms. The fourth-order valence-corrected chi connectivity index (χ4v) is 1.53. The van der Waals surface area contributed by atoms with Crippen LogP contribution in [-0.2, 0) is 6.54 Å². The first-order valence-corrected chi connectivity index (χ1v) is 5.51. The summed E-state index contributed by atoms with van der Waals surface area (Å²) in [6.07, 6.45) is 0.987. The minimum atomic E-state index is -1.31. The minimum absolute atomic E-state index is 0.0251. The van der Waals surface area contributed by atoms with Crippen LogP contribution in [0.25, 0.3) is 0 Å². The number of pyridine rings is 1. The van der Waals surface area contributed by atoms with Gasteiger partial charge in [-0.3, -0.25) is 10.1 Å². The molecule has 2 N–H and O–H groups in total. The molecule has 2 aromatic heterocycles. The summed E-state index contributed by atoms with van der Waals surface area (Å²) >= 11 is 0. The topological polar surface area (TPSA) is 131 Å². The Hall–Kier alpha value is -2.97. The second kappa shape index (κ2) is 5.34. The predicted octanol–water partition coefficient (Wildman–Crippen LogP) is 1.60. The van der Waals surface area contributed by atoms with Crippen LogP contribution in [-0.4, -0.2) is 26.1 Å². The van der Waals surface area contributed by atoms with Crippen LogP contribution in [0.3, 0.4) is 0 Å². The molecule has 0 unspecified atom stereocenters. The van der Waals surface area contributed by atoms with Gasteiger partial charge in [0.25, 0.3) is 5.69 Å². The van der Waals surface area contributed by atoms with E-state index in [1.165, 1.54) is 0 Å². The van der Waals surface area contributed by atoms with Crippen molar-refractivity contribution in [1.29, 1.82) is 0 Å². The molecule has 20 heavy (non-hydrogen) atoms. The van der Waals surface area contributed by atoms with Crippen LogP contribution in [0, 0.1) is 17.0 Å². The molecule has 0 saturated heterocycles. The molecule has 0 aliphatic carbocycles. The van der Waals surface area contributed by atoms with Crippen molar-refractivity contribution in [3.8, 4) is 0 Å². The number of nitrogens with one attached hydrogen (secondary N) is 1. The van der Waals surface area contributed by atoms with E-state index in [0.29, 0.717) is 11.5 Å². The summed E-state index contributed by atoms with van der Waals surface area (Å²) in [6.45, 7) is 1.92. The van der Waals surface area contributed by atoms with Crippen molar-refractivity contribution in [3.05, 3.63) is 45.5 Å². The van der Waals surface area contributed by atoms with Gasteiger partial charge in [-0.15, -0.1) is 0 Å². The Kier molecular flexibility index (Phi) is 3.60. The van der Waals surface area contributed by atoms with E-state index in [1.807, 2.05) is 0 Å². The minimum Gasteiger partial charge on any atom is -0.478 e. The zero-order chi connectivity index (χ0) is 14.7. The highest BCUT2D eigenvalue weighted by molar-refractivity contribution is 5.93. The molecule has 0 aromatic carbocycles. The van der Waals surface area contributed by atoms with Gasteiger partial charge in [0.1, 0.15) is 17.6 Å². The van der Waals surface area contributed by atoms with E-state index in [2.05, 4.69) is 15.5 Å². The molecule has 0 amide bonds. The Morgan fingerprint density at radius 2 is 2.30 bits per heavy atom. The van der Waals surface area contributed by atoms with Crippen LogP contribution in [0.5, 0.6) is 0 Å². The van der Waals surface area contributed by atoms with E-state index < -0.39 is 10.9 Å². The molecule has 2 rings (SSSR count). The van der Waals surface area contributed by atoms with Gasteiger partial charge in [0.2, 0.25) is 0 Å². The van der Waals surface area contributed by atoms with Crippen LogP contribution >= 0.6 is 0 Å². The number of carboxylic acid groups (broad SMARTS) is 1. The van der Waals surface area contributed by atoms with Crippen molar-refractivity contribution in [1.82, 2.24) is 10.1 Å². The maximum atomic E-state index is 11.1. The number of carboxylic acids is 1. The average molecular weight is 278 g/mol. The molecular formula is C11H10N4O5. The largest absolute Gasteiger partial charge is 0.478 e. The van der Waals surface area contributed by atoms with Gasteiger partial charge in [-0.25, -0.2) is 9.78 Å². The van der Waals surface area contributed by atoms with E-state index in [9.17, 15) is 14.9 Å². The van der Waals surface area contributed by atoms with Crippen molar-refractivity contribution < 1.29 is 19.3 Å². The third kappa shape index (κ3) is 2.88. The first-order chi connectivity index (χ1) is 9.47. The molecule has 0 atom stereocenters. The molecule has 2 aromatic rings. The summed E-state index contributed by atoms with van der Waals surface area (Å²) in [4.78, 5) is 24.7. The number of aromatic carboxylic acids is 1. The number of hydrogen-bond donors (Lipinski definition) is 2. The lowest BCUT2D eigenvalue weighted by atomic mass is 10.2. The highest BCUT2D eigenvalue weighted by Gasteiger charge is 2.17. The lowest BCUT2D eigenvalue weighted by Crippen LogP contribution is -2.09. The fraction of sp³-hybridized carbons (Fsp3) is 0.182. The molecule has 9 heteroatoms. The van der Waals surface area contributed by atoms with Crippen molar-refractivity contribution in [2.24, 2.45) is 0 Å². The number of nitrogens with zero attached hydrogens (tertiary/aromatic N) is 3. The molecule has 0 spiro atoms. The standard InChI is InChI=1S/C11H10N4O5/c1-6-2-8(20-14-6)5-13-10-9(11(16)17)3-7(4-12-10)15(18)19/h2-4H,5H2,1H3,(H,12,13)(H,16,17). The smallest absolute Gasteiger partial charge is 0.339 e. The Labute approximate surface area is 112 Å². The van der Waals surface area contributed by atoms with Crippen molar-refractivity contribution in [2.45, 2.75) is 13.5 Å². The lowest BCUT2D eigenvalue weighted by Gasteiger charge is -2.06. The third-order valence-corrected chi connectivity index (χ3v) is 2.42. The van der Waals surface area contributed by atoms with Gasteiger partial charge in [-0.05, 0) is 6.92 Å². The van der Waals surface area contributed by atoms with Gasteiger partial charge in [-0.2, -0.15) is 0 Å². The monoisotopic (exact) mass is 278 g/mol. The number of aryl methyl sites for hydroxylation is 1. The van der Waals surface area contributed by atoms with E-state index in [4.69, 9.17) is 9.63 Å². The fourth-order valence-electron chi connectivity index (χ4n) is 1.53. The second-order valence-corrected chi connectivity index (χ2v) is 3.94. The summed E-state index contributed by atoms with van der Waals surface area (Å²) in [7, 11) is 0. The zero-order valence-electron chi connectivity index (χ0n) is 10.4. The van der Waals surface area contributed by atoms with E-state index in [-0.39, 0.29) is 23.6 Å². The highest BCUT2D eigenvalue weighted by atomic mass is 16.6. The summed E-state index contributed by atoms with van der Waals surface area (Å²) < 4.78 is 4.95. The third-order valence-electron chi connectivity index (χ3n) is 2.42. The number of anilines is 1. The molecule has 0 fully saturated rings. The van der Waals surface area contributed by atoms with Crippen LogP contribution in [0.4, 0.5) is 11.5 Å². The van der Waals surface area contributed by atoms with Crippen LogP contribution in [0.2, 0.25) is 0 Å². The van der Waals surface area contributed by atoms with Crippen molar-refractivity contribution >= 4 is 17.5 Å². The number of aromatic nitrogens is 2. The number of carbonyl (C=O) groups is 1. The molecule has 104 valence electrons. The number of rotatable bonds is 5. The second-order valence-electron chi connectivity index (χ2n) is 3.94. The van der Waals surface area contributed by atoms with Gasteiger partial charge in [-0.1, -0.05) is 5.16 Å². The normalized spacial score (nSPS) is 10.2. The van der Waals surface area contributed by atoms with Gasteiger partial charge in [0.05, 0.1) is 17.2 Å². The lowest BCUT2D eigenvalue weighted by molar-refractivity contribution is -0.385. The number of hydrogen-bond acceptors (Lipinski definition) is 7. The Bertz CT molecular complexity index is 667. The van der Waals surface area contributed by atoms with Crippen molar-refractivity contribution in [3.63, 3.8) is 0 Å². The molecule has 0 saturated carbocycles. The molecular weight excluding hydrogens is 268 g/mol. The maximum Gasteiger partial charge on any atom is 0.339 e. The summed E-state index contributed by atoms with van der Waals surface area (Å²) in [6, 6.07) is 2.63. The Morgan fingerprint density at radius 3 is 2.85 bits per heavy atom. The Balaban J connectivity index is 2.22. The highest BCUT2D eigenvalue weighted by Crippen LogP contribution is 2.19. The molecule has 2 heterocycles. The van der Waals surface area contributed by atoms with Gasteiger partial charge < -0.3 is 14.9 Å². The molecule has 0 aliphatic rings. The zero-order valence-corrected chi connectivity index (χ0v) is 10.4. The van der Waals surface area contributed by atoms with Crippen molar-refractivity contribution in [2.75, 3.05) is 5.32 Å². The van der Waals surface area contributed by atoms with Gasteiger partial charge >= 0.3 is 5.97 Å². The van der Waals surface area contributed by atoms with Gasteiger partial charge in [0.15, 0.2) is 5.76 Å². The van der Waals surface area contributed by atoms with E-state index >= 15 is 0 Å². The first kappa shape index (κ1) is 13.5. The molecule has 9 nitrogen and oxygen atoms in total. The predicted molar refractivity (Wildman–Crippen MR) is 66.4 cm³/mol. The first-order valence-electron chi connectivity index (χ1n) is 5.51. The molecule has 0 radical (unpaired) electrons. The van der Waals surface area contributed by atoms with Crippen LogP contribution in [0.1, 0.15) is 21.8 Å². The van der Waals surface area contributed by atoms with Crippen LogP contribution < -0.4 is 5.32 Å². The van der Waals surface area contributed by atoms with E-state index in [0.717, 1.165) is 12.3 Å². The average Bonchev–Trinajstić information content (AvgIpc) is 2.81. The SMILES string of the molecule is Cc1cc(CNc2ncc([N+](=O)[O-])cc2C(=O)O)on1. The van der Waals surface area contributed by atoms with Crippen LogP contribution in [0.15, 0.2) is 22.9 Å². The summed E-state index contributed by atoms with van der Waals surface area (Å²) in [5, 5.41) is 26.1. The Morgan fingerprint density at radius 1 is 1.55 bits per heavy atom. The maximum absolute atomic E-state index is 11.1. The van der Waals surface area contributed by atoms with Gasteiger partial charge in [0, 0.05) is 12.1 Å². The summed E-state index contributed by atoms with van der Waals surface area (Å²) in [5.41, 5.74) is 0.0239. The quantitative estimate of drug-likeness (QED) is 0.622. The van der Waals surface area contributed by atoms with E-state index in [1.54, 1.807) is 13.0 Å². The summed E-state index contributed by atoms with van der Waals surface area (Å²) in [5.74, 6) is -0.784.